The van der Waals surface area contributed by atoms with Gasteiger partial charge in [-0.25, -0.2) is 4.98 Å². The van der Waals surface area contributed by atoms with E-state index in [1.165, 1.54) is 17.5 Å². The first kappa shape index (κ1) is 15.3. The van der Waals surface area contributed by atoms with Crippen LogP contribution >= 0.6 is 0 Å². The highest BCUT2D eigenvalue weighted by Crippen LogP contribution is 2.33. The van der Waals surface area contributed by atoms with Gasteiger partial charge in [-0.2, -0.15) is 0 Å². The first-order valence-corrected chi connectivity index (χ1v) is 8.23. The first-order valence-electron chi connectivity index (χ1n) is 8.23. The van der Waals surface area contributed by atoms with Gasteiger partial charge in [0.15, 0.2) is 0 Å². The van der Waals surface area contributed by atoms with Crippen molar-refractivity contribution >= 4 is 11.7 Å². The average molecular weight is 303 g/mol. The second-order valence-corrected chi connectivity index (χ2v) is 6.22. The van der Waals surface area contributed by atoms with E-state index in [0.29, 0.717) is 0 Å². The lowest BCUT2D eigenvalue weighted by atomic mass is 9.93. The van der Waals surface area contributed by atoms with Crippen LogP contribution in [0.2, 0.25) is 0 Å². The fourth-order valence-corrected chi connectivity index (χ4v) is 3.50. The highest BCUT2D eigenvalue weighted by Gasteiger charge is 2.27. The van der Waals surface area contributed by atoms with Crippen molar-refractivity contribution in [2.45, 2.75) is 39.2 Å². The molecule has 2 aliphatic rings. The van der Waals surface area contributed by atoms with Crippen LogP contribution in [0.3, 0.4) is 0 Å². The number of rotatable bonds is 2. The summed E-state index contributed by atoms with van der Waals surface area (Å²) in [6.07, 6.45) is 5.30. The minimum absolute atomic E-state index is 0.168. The number of aryl methyl sites for hydroxylation is 1. The molecule has 1 aromatic heterocycles. The van der Waals surface area contributed by atoms with Crippen molar-refractivity contribution in [2.75, 3.05) is 37.7 Å². The van der Waals surface area contributed by atoms with E-state index in [-0.39, 0.29) is 11.9 Å². The predicted octanol–water partition coefficient (Wildman–Crippen LogP) is 2.30. The molecule has 2 fully saturated rings. The van der Waals surface area contributed by atoms with Gasteiger partial charge in [-0.15, -0.1) is 0 Å². The molecule has 3 rings (SSSR count). The second-order valence-electron chi connectivity index (χ2n) is 6.22. The van der Waals surface area contributed by atoms with Gasteiger partial charge in [0.05, 0.1) is 19.3 Å². The summed E-state index contributed by atoms with van der Waals surface area (Å²) < 4.78 is 5.40. The largest absolute Gasteiger partial charge is 0.378 e. The molecule has 0 unspecified atom stereocenters. The number of carbonyl (C=O) groups excluding carboxylic acids is 1. The van der Waals surface area contributed by atoms with Gasteiger partial charge in [-0.05, 0) is 43.4 Å². The molecule has 22 heavy (non-hydrogen) atoms. The fraction of sp³-hybridized carbons (Fsp3) is 0.647. The molecule has 0 spiro atoms. The number of anilines is 1. The topological polar surface area (TPSA) is 45.7 Å². The number of aromatic nitrogens is 1. The van der Waals surface area contributed by atoms with E-state index in [2.05, 4.69) is 22.9 Å². The number of ether oxygens (including phenoxy) is 1. The molecule has 5 heteroatoms. The standard InChI is InChI=1S/C17H25N3O2/c1-13-11-17(19-7-9-22-10-8-19)18-12-15(13)16-5-3-4-6-20(16)14(2)21/h11-12,16H,3-10H2,1-2H3/t16-/m0/s1. The summed E-state index contributed by atoms with van der Waals surface area (Å²) in [7, 11) is 0. The van der Waals surface area contributed by atoms with Gasteiger partial charge in [0, 0.05) is 32.8 Å². The lowest BCUT2D eigenvalue weighted by molar-refractivity contribution is -0.132. The van der Waals surface area contributed by atoms with Gasteiger partial charge in [0.2, 0.25) is 5.91 Å². The molecule has 1 amide bonds. The number of amides is 1. The second kappa shape index (κ2) is 6.65. The number of morpholine rings is 1. The van der Waals surface area contributed by atoms with E-state index in [1.807, 2.05) is 11.1 Å². The molecule has 120 valence electrons. The van der Waals surface area contributed by atoms with E-state index in [9.17, 15) is 4.79 Å². The SMILES string of the molecule is CC(=O)N1CCCC[C@H]1c1cnc(N2CCOCC2)cc1C. The Hall–Kier alpha value is -1.62. The van der Waals surface area contributed by atoms with Crippen LogP contribution in [0.4, 0.5) is 5.82 Å². The van der Waals surface area contributed by atoms with Gasteiger partial charge < -0.3 is 14.5 Å². The molecule has 1 atom stereocenters. The lowest BCUT2D eigenvalue weighted by Gasteiger charge is -2.36. The van der Waals surface area contributed by atoms with Gasteiger partial charge in [0.25, 0.3) is 0 Å². The van der Waals surface area contributed by atoms with Crippen molar-refractivity contribution < 1.29 is 9.53 Å². The summed E-state index contributed by atoms with van der Waals surface area (Å²) in [5, 5.41) is 0. The number of hydrogen-bond donors (Lipinski definition) is 0. The van der Waals surface area contributed by atoms with Crippen LogP contribution in [-0.2, 0) is 9.53 Å². The molecule has 0 aromatic carbocycles. The summed E-state index contributed by atoms with van der Waals surface area (Å²) in [4.78, 5) is 20.8. The van der Waals surface area contributed by atoms with Gasteiger partial charge in [-0.1, -0.05) is 0 Å². The maximum absolute atomic E-state index is 11.9. The maximum atomic E-state index is 11.9. The third kappa shape index (κ3) is 3.09. The van der Waals surface area contributed by atoms with Crippen molar-refractivity contribution in [2.24, 2.45) is 0 Å². The Morgan fingerprint density at radius 3 is 2.73 bits per heavy atom. The van der Waals surface area contributed by atoms with Crippen molar-refractivity contribution in [3.05, 3.63) is 23.4 Å². The van der Waals surface area contributed by atoms with Crippen molar-refractivity contribution in [1.29, 1.82) is 0 Å². The Balaban J connectivity index is 1.83. The van der Waals surface area contributed by atoms with E-state index >= 15 is 0 Å². The van der Waals surface area contributed by atoms with Crippen molar-refractivity contribution in [1.82, 2.24) is 9.88 Å². The Kier molecular flexibility index (Phi) is 4.62. The molecule has 0 bridgehead atoms. The zero-order valence-corrected chi connectivity index (χ0v) is 13.5. The van der Waals surface area contributed by atoms with Gasteiger partial charge >= 0.3 is 0 Å². The average Bonchev–Trinajstić information content (AvgIpc) is 2.55. The summed E-state index contributed by atoms with van der Waals surface area (Å²) in [6.45, 7) is 8.00. The number of nitrogens with zero attached hydrogens (tertiary/aromatic N) is 3. The lowest BCUT2D eigenvalue weighted by Crippen LogP contribution is -2.38. The number of likely N-dealkylation sites (tertiary alicyclic amines) is 1. The third-order valence-corrected chi connectivity index (χ3v) is 4.74. The summed E-state index contributed by atoms with van der Waals surface area (Å²) >= 11 is 0. The molecular weight excluding hydrogens is 278 g/mol. The number of carbonyl (C=O) groups is 1. The Morgan fingerprint density at radius 1 is 1.27 bits per heavy atom. The predicted molar refractivity (Wildman–Crippen MR) is 86.0 cm³/mol. The highest BCUT2D eigenvalue weighted by atomic mass is 16.5. The quantitative estimate of drug-likeness (QED) is 0.841. The number of hydrogen-bond acceptors (Lipinski definition) is 4. The highest BCUT2D eigenvalue weighted by molar-refractivity contribution is 5.74. The Bertz CT molecular complexity index is 541. The van der Waals surface area contributed by atoms with Crippen LogP contribution in [0.15, 0.2) is 12.3 Å². The van der Waals surface area contributed by atoms with E-state index in [4.69, 9.17) is 4.74 Å². The fourth-order valence-electron chi connectivity index (χ4n) is 3.50. The van der Waals surface area contributed by atoms with E-state index in [1.54, 1.807) is 6.92 Å². The maximum Gasteiger partial charge on any atom is 0.219 e. The zero-order valence-electron chi connectivity index (χ0n) is 13.5. The van der Waals surface area contributed by atoms with Crippen LogP contribution in [0.1, 0.15) is 43.4 Å². The third-order valence-electron chi connectivity index (χ3n) is 4.74. The van der Waals surface area contributed by atoms with Crippen LogP contribution in [0.25, 0.3) is 0 Å². The molecule has 5 nitrogen and oxygen atoms in total. The summed E-state index contributed by atoms with van der Waals surface area (Å²) in [6, 6.07) is 2.35. The molecule has 0 N–H and O–H groups in total. The number of piperidine rings is 1. The van der Waals surface area contributed by atoms with Gasteiger partial charge in [-0.3, -0.25) is 4.79 Å². The number of pyridine rings is 1. The van der Waals surface area contributed by atoms with Crippen LogP contribution in [-0.4, -0.2) is 48.6 Å². The summed E-state index contributed by atoms with van der Waals surface area (Å²) in [5.74, 6) is 1.19. The minimum atomic E-state index is 0.168. The smallest absolute Gasteiger partial charge is 0.219 e. The zero-order chi connectivity index (χ0) is 15.5. The monoisotopic (exact) mass is 303 g/mol. The Labute approximate surface area is 132 Å². The van der Waals surface area contributed by atoms with Crippen LogP contribution in [0.5, 0.6) is 0 Å². The first-order chi connectivity index (χ1) is 10.7. The van der Waals surface area contributed by atoms with Crippen molar-refractivity contribution in [3.63, 3.8) is 0 Å². The molecule has 3 heterocycles. The molecule has 1 aromatic rings. The van der Waals surface area contributed by atoms with E-state index < -0.39 is 0 Å². The molecule has 2 saturated heterocycles. The summed E-state index contributed by atoms with van der Waals surface area (Å²) in [5.41, 5.74) is 2.43. The van der Waals surface area contributed by atoms with Crippen molar-refractivity contribution in [3.8, 4) is 0 Å². The van der Waals surface area contributed by atoms with Crippen LogP contribution < -0.4 is 4.90 Å². The molecule has 0 radical (unpaired) electrons. The normalized spacial score (nSPS) is 22.7. The van der Waals surface area contributed by atoms with Crippen LogP contribution in [0, 0.1) is 6.92 Å². The van der Waals surface area contributed by atoms with Gasteiger partial charge in [0.1, 0.15) is 5.82 Å². The molecular formula is C17H25N3O2. The molecule has 0 saturated carbocycles. The Morgan fingerprint density at radius 2 is 2.05 bits per heavy atom. The molecule has 2 aliphatic heterocycles. The minimum Gasteiger partial charge on any atom is -0.378 e. The molecule has 0 aliphatic carbocycles. The van der Waals surface area contributed by atoms with E-state index in [0.717, 1.165) is 51.5 Å².